The summed E-state index contributed by atoms with van der Waals surface area (Å²) in [5.41, 5.74) is 5.65. The first-order valence-electron chi connectivity index (χ1n) is 9.05. The highest BCUT2D eigenvalue weighted by molar-refractivity contribution is 5.86. The normalized spacial score (nSPS) is 14.3. The molecule has 134 valence electrons. The summed E-state index contributed by atoms with van der Waals surface area (Å²) >= 11 is 0. The van der Waals surface area contributed by atoms with E-state index in [1.807, 2.05) is 26.0 Å². The van der Waals surface area contributed by atoms with E-state index in [2.05, 4.69) is 36.1 Å². The van der Waals surface area contributed by atoms with Gasteiger partial charge in [0.2, 0.25) is 0 Å². The van der Waals surface area contributed by atoms with Crippen molar-refractivity contribution in [3.8, 4) is 5.75 Å². The van der Waals surface area contributed by atoms with Gasteiger partial charge >= 0.3 is 5.63 Å². The maximum absolute atomic E-state index is 12.4. The molecule has 0 amide bonds. The number of benzene rings is 2. The Morgan fingerprint density at radius 3 is 2.58 bits per heavy atom. The zero-order valence-corrected chi connectivity index (χ0v) is 15.5. The molecule has 0 spiro atoms. The summed E-state index contributed by atoms with van der Waals surface area (Å²) in [6.07, 6.45) is 0.678. The van der Waals surface area contributed by atoms with Gasteiger partial charge < -0.3 is 9.15 Å². The van der Waals surface area contributed by atoms with E-state index < -0.39 is 0 Å². The average Bonchev–Trinajstić information content (AvgIpc) is 2.64. The fourth-order valence-electron chi connectivity index (χ4n) is 3.67. The lowest BCUT2D eigenvalue weighted by atomic mass is 10.0. The molecule has 0 aliphatic carbocycles. The lowest BCUT2D eigenvalue weighted by molar-refractivity contribution is 0.0889. The quantitative estimate of drug-likeness (QED) is 0.660. The second-order valence-corrected chi connectivity index (χ2v) is 7.01. The van der Waals surface area contributed by atoms with Crippen LogP contribution in [0.2, 0.25) is 0 Å². The van der Waals surface area contributed by atoms with Gasteiger partial charge in [0.25, 0.3) is 0 Å². The van der Waals surface area contributed by atoms with Gasteiger partial charge in [0, 0.05) is 24.0 Å². The molecule has 4 nitrogen and oxygen atoms in total. The van der Waals surface area contributed by atoms with Crippen LogP contribution in [0.4, 0.5) is 0 Å². The van der Waals surface area contributed by atoms with Gasteiger partial charge in [-0.1, -0.05) is 36.8 Å². The molecule has 3 aromatic rings. The third-order valence-corrected chi connectivity index (χ3v) is 5.18. The van der Waals surface area contributed by atoms with Crippen LogP contribution in [-0.4, -0.2) is 11.6 Å². The van der Waals surface area contributed by atoms with Crippen LogP contribution in [0.25, 0.3) is 11.0 Å². The molecule has 0 fully saturated rings. The smallest absolute Gasteiger partial charge is 0.339 e. The van der Waals surface area contributed by atoms with E-state index in [0.717, 1.165) is 34.4 Å². The molecule has 0 bridgehead atoms. The van der Waals surface area contributed by atoms with E-state index >= 15 is 0 Å². The largest absolute Gasteiger partial charge is 0.478 e. The first-order chi connectivity index (χ1) is 12.6. The highest BCUT2D eigenvalue weighted by Gasteiger charge is 2.23. The minimum absolute atomic E-state index is 0.235. The van der Waals surface area contributed by atoms with Gasteiger partial charge in [0.15, 0.2) is 0 Å². The Bertz CT molecular complexity index is 1020. The first-order valence-corrected chi connectivity index (χ1v) is 9.05. The predicted octanol–water partition coefficient (Wildman–Crippen LogP) is 4.32. The Kier molecular flexibility index (Phi) is 4.29. The van der Waals surface area contributed by atoms with Crippen molar-refractivity contribution >= 4 is 11.0 Å². The molecule has 26 heavy (non-hydrogen) atoms. The summed E-state index contributed by atoms with van der Waals surface area (Å²) in [7, 11) is 0. The van der Waals surface area contributed by atoms with Crippen LogP contribution in [0.3, 0.4) is 0 Å². The molecular formula is C22H23NO3. The summed E-state index contributed by atoms with van der Waals surface area (Å²) in [4.78, 5) is 14.6. The number of rotatable bonds is 3. The molecule has 0 saturated carbocycles. The number of aryl methyl sites for hydroxylation is 2. The fraction of sp³-hybridized carbons (Fsp3) is 0.318. The number of nitrogens with zero attached hydrogens (tertiary/aromatic N) is 1. The van der Waals surface area contributed by atoms with E-state index in [-0.39, 0.29) is 5.63 Å². The zero-order chi connectivity index (χ0) is 18.3. The SMILES string of the molecule is CCc1c(C)c2ccc3c(c2oc1=O)CN(Cc1ccc(C)cc1)CO3. The fourth-order valence-corrected chi connectivity index (χ4v) is 3.67. The molecule has 1 aliphatic rings. The number of hydrogen-bond acceptors (Lipinski definition) is 4. The summed E-state index contributed by atoms with van der Waals surface area (Å²) in [6, 6.07) is 12.5. The molecule has 1 aromatic heterocycles. The van der Waals surface area contributed by atoms with Crippen LogP contribution in [-0.2, 0) is 19.5 Å². The molecule has 4 rings (SSSR count). The van der Waals surface area contributed by atoms with Gasteiger partial charge in [-0.25, -0.2) is 4.79 Å². The standard InChI is InChI=1S/C22H23NO3/c1-4-17-15(3)18-9-10-20-19(21(18)26-22(17)24)12-23(13-25-20)11-16-7-5-14(2)6-8-16/h5-10H,4,11-13H2,1-3H3. The lowest BCUT2D eigenvalue weighted by Gasteiger charge is -2.29. The van der Waals surface area contributed by atoms with Crippen molar-refractivity contribution in [2.24, 2.45) is 0 Å². The molecule has 4 heteroatoms. The Labute approximate surface area is 153 Å². The highest BCUT2D eigenvalue weighted by Crippen LogP contribution is 2.34. The Balaban J connectivity index is 1.72. The molecule has 2 aromatic carbocycles. The van der Waals surface area contributed by atoms with E-state index in [1.54, 1.807) is 0 Å². The molecule has 0 atom stereocenters. The third kappa shape index (κ3) is 2.90. The maximum atomic E-state index is 12.4. The molecule has 0 unspecified atom stereocenters. The second-order valence-electron chi connectivity index (χ2n) is 7.01. The number of ether oxygens (including phenoxy) is 1. The van der Waals surface area contributed by atoms with E-state index in [4.69, 9.17) is 9.15 Å². The van der Waals surface area contributed by atoms with Crippen LogP contribution in [0, 0.1) is 13.8 Å². The highest BCUT2D eigenvalue weighted by atomic mass is 16.5. The maximum Gasteiger partial charge on any atom is 0.339 e. The van der Waals surface area contributed by atoms with Crippen molar-refractivity contribution < 1.29 is 9.15 Å². The van der Waals surface area contributed by atoms with E-state index in [0.29, 0.717) is 25.3 Å². The Morgan fingerprint density at radius 2 is 1.85 bits per heavy atom. The third-order valence-electron chi connectivity index (χ3n) is 5.18. The van der Waals surface area contributed by atoms with Gasteiger partial charge in [0.1, 0.15) is 18.1 Å². The van der Waals surface area contributed by atoms with Crippen LogP contribution >= 0.6 is 0 Å². The summed E-state index contributed by atoms with van der Waals surface area (Å²) in [5.74, 6) is 0.810. The minimum atomic E-state index is -0.235. The number of hydrogen-bond donors (Lipinski definition) is 0. The van der Waals surface area contributed by atoms with Crippen molar-refractivity contribution in [3.05, 3.63) is 74.6 Å². The van der Waals surface area contributed by atoms with Gasteiger partial charge in [-0.05, 0) is 43.5 Å². The monoisotopic (exact) mass is 349 g/mol. The van der Waals surface area contributed by atoms with Gasteiger partial charge in [0.05, 0.1) is 5.56 Å². The van der Waals surface area contributed by atoms with Crippen molar-refractivity contribution in [1.82, 2.24) is 4.90 Å². The number of fused-ring (bicyclic) bond motifs is 3. The topological polar surface area (TPSA) is 42.7 Å². The van der Waals surface area contributed by atoms with Gasteiger partial charge in [-0.2, -0.15) is 0 Å². The van der Waals surface area contributed by atoms with E-state index in [1.165, 1.54) is 11.1 Å². The first kappa shape index (κ1) is 16.9. The van der Waals surface area contributed by atoms with Crippen molar-refractivity contribution in [2.75, 3.05) is 6.73 Å². The zero-order valence-electron chi connectivity index (χ0n) is 15.5. The van der Waals surface area contributed by atoms with Crippen LogP contribution in [0.5, 0.6) is 5.75 Å². The van der Waals surface area contributed by atoms with Crippen molar-refractivity contribution in [3.63, 3.8) is 0 Å². The van der Waals surface area contributed by atoms with Crippen molar-refractivity contribution in [2.45, 2.75) is 40.3 Å². The Hall–Kier alpha value is -2.59. The molecule has 0 saturated heterocycles. The van der Waals surface area contributed by atoms with Gasteiger partial charge in [-0.15, -0.1) is 0 Å². The average molecular weight is 349 g/mol. The van der Waals surface area contributed by atoms with Crippen LogP contribution in [0.15, 0.2) is 45.6 Å². The van der Waals surface area contributed by atoms with Gasteiger partial charge in [-0.3, -0.25) is 4.90 Å². The van der Waals surface area contributed by atoms with E-state index in [9.17, 15) is 4.79 Å². The summed E-state index contributed by atoms with van der Waals surface area (Å²) in [6.45, 7) is 8.10. The lowest BCUT2D eigenvalue weighted by Crippen LogP contribution is -2.31. The minimum Gasteiger partial charge on any atom is -0.478 e. The molecular weight excluding hydrogens is 326 g/mol. The second kappa shape index (κ2) is 6.61. The molecule has 2 heterocycles. The molecule has 0 radical (unpaired) electrons. The molecule has 1 aliphatic heterocycles. The predicted molar refractivity (Wildman–Crippen MR) is 103 cm³/mol. The molecule has 0 N–H and O–H groups in total. The Morgan fingerprint density at radius 1 is 1.08 bits per heavy atom. The summed E-state index contributed by atoms with van der Waals surface area (Å²) < 4.78 is 11.7. The van der Waals surface area contributed by atoms with Crippen LogP contribution in [0.1, 0.15) is 34.7 Å². The van der Waals surface area contributed by atoms with Crippen LogP contribution < -0.4 is 10.4 Å². The summed E-state index contributed by atoms with van der Waals surface area (Å²) in [5, 5.41) is 1.00. The van der Waals surface area contributed by atoms with Crippen molar-refractivity contribution in [1.29, 1.82) is 0 Å².